The van der Waals surface area contributed by atoms with Crippen LogP contribution in [0.1, 0.15) is 0 Å². The van der Waals surface area contributed by atoms with Crippen LogP contribution in [0.25, 0.3) is 10.6 Å². The van der Waals surface area contributed by atoms with Crippen LogP contribution in [0.2, 0.25) is 5.02 Å². The van der Waals surface area contributed by atoms with Crippen molar-refractivity contribution in [1.29, 1.82) is 0 Å². The third kappa shape index (κ3) is 3.02. The SMILES string of the molecule is C=CCn1c(-c2cccs2)csc1=Nc1ccccc1Cl. The number of nitrogens with zero attached hydrogens (tertiary/aromatic N) is 2. The van der Waals surface area contributed by atoms with E-state index in [0.29, 0.717) is 5.02 Å². The number of allylic oxidation sites excluding steroid dienone is 1. The van der Waals surface area contributed by atoms with Gasteiger partial charge in [-0.15, -0.1) is 29.3 Å². The van der Waals surface area contributed by atoms with E-state index in [1.165, 1.54) is 10.6 Å². The Labute approximate surface area is 136 Å². The zero-order valence-corrected chi connectivity index (χ0v) is 13.6. The molecule has 0 amide bonds. The molecule has 0 bridgehead atoms. The highest BCUT2D eigenvalue weighted by Crippen LogP contribution is 2.27. The third-order valence-corrected chi connectivity index (χ3v) is 5.03. The standard InChI is InChI=1S/C16H13ClN2S2/c1-2-9-19-14(15-8-5-10-20-15)11-21-16(19)18-13-7-4-3-6-12(13)17/h2-8,10-11H,1,9H2. The van der Waals surface area contributed by atoms with E-state index in [9.17, 15) is 0 Å². The maximum atomic E-state index is 6.19. The minimum atomic E-state index is 0.661. The monoisotopic (exact) mass is 332 g/mol. The lowest BCUT2D eigenvalue weighted by atomic mass is 10.3. The molecule has 0 aliphatic heterocycles. The Morgan fingerprint density at radius 2 is 2.05 bits per heavy atom. The molecular weight excluding hydrogens is 320 g/mol. The Kier molecular flexibility index (Phi) is 4.39. The second-order valence-electron chi connectivity index (χ2n) is 4.34. The molecule has 2 heterocycles. The van der Waals surface area contributed by atoms with Crippen LogP contribution >= 0.6 is 34.3 Å². The normalized spacial score (nSPS) is 11.8. The number of halogens is 1. The molecule has 21 heavy (non-hydrogen) atoms. The zero-order valence-electron chi connectivity index (χ0n) is 11.2. The van der Waals surface area contributed by atoms with Crippen LogP contribution < -0.4 is 4.80 Å². The topological polar surface area (TPSA) is 17.3 Å². The first-order valence-electron chi connectivity index (χ1n) is 6.42. The average Bonchev–Trinajstić information content (AvgIpc) is 3.12. The van der Waals surface area contributed by atoms with Gasteiger partial charge < -0.3 is 4.57 Å². The summed E-state index contributed by atoms with van der Waals surface area (Å²) in [7, 11) is 0. The lowest BCUT2D eigenvalue weighted by molar-refractivity contribution is 0.802. The number of hydrogen-bond acceptors (Lipinski definition) is 3. The maximum absolute atomic E-state index is 6.19. The molecule has 0 spiro atoms. The third-order valence-electron chi connectivity index (χ3n) is 2.95. The Morgan fingerprint density at radius 3 is 2.76 bits per heavy atom. The van der Waals surface area contributed by atoms with Crippen molar-refractivity contribution in [1.82, 2.24) is 4.57 Å². The molecular formula is C16H13ClN2S2. The van der Waals surface area contributed by atoms with E-state index < -0.39 is 0 Å². The van der Waals surface area contributed by atoms with Gasteiger partial charge in [-0.3, -0.25) is 0 Å². The van der Waals surface area contributed by atoms with Crippen LogP contribution in [0, 0.1) is 0 Å². The number of para-hydroxylation sites is 1. The van der Waals surface area contributed by atoms with E-state index in [1.807, 2.05) is 30.3 Å². The molecule has 0 aliphatic rings. The summed E-state index contributed by atoms with van der Waals surface area (Å²) in [6, 6.07) is 11.8. The number of benzene rings is 1. The van der Waals surface area contributed by atoms with Gasteiger partial charge >= 0.3 is 0 Å². The van der Waals surface area contributed by atoms with Crippen molar-refractivity contribution in [2.75, 3.05) is 0 Å². The predicted molar refractivity (Wildman–Crippen MR) is 92.5 cm³/mol. The molecule has 2 nitrogen and oxygen atoms in total. The van der Waals surface area contributed by atoms with Crippen LogP contribution in [-0.4, -0.2) is 4.57 Å². The zero-order chi connectivity index (χ0) is 14.7. The molecule has 0 aliphatic carbocycles. The van der Waals surface area contributed by atoms with Gasteiger partial charge in [0, 0.05) is 11.9 Å². The quantitative estimate of drug-likeness (QED) is 0.573. The molecule has 1 aromatic carbocycles. The summed E-state index contributed by atoms with van der Waals surface area (Å²) in [6.45, 7) is 4.57. The number of thiazole rings is 1. The summed E-state index contributed by atoms with van der Waals surface area (Å²) in [5.74, 6) is 0. The summed E-state index contributed by atoms with van der Waals surface area (Å²) in [5.41, 5.74) is 1.96. The Balaban J connectivity index is 2.15. The van der Waals surface area contributed by atoms with Gasteiger partial charge in [0.2, 0.25) is 0 Å². The summed E-state index contributed by atoms with van der Waals surface area (Å²) in [6.07, 6.45) is 1.88. The van der Waals surface area contributed by atoms with Gasteiger partial charge in [-0.25, -0.2) is 4.99 Å². The Bertz CT molecular complexity index is 813. The predicted octanol–water partition coefficient (Wildman–Crippen LogP) is 5.35. The van der Waals surface area contributed by atoms with Crippen molar-refractivity contribution in [3.63, 3.8) is 0 Å². The molecule has 2 aromatic heterocycles. The van der Waals surface area contributed by atoms with Crippen LogP contribution in [-0.2, 0) is 6.54 Å². The van der Waals surface area contributed by atoms with Gasteiger partial charge in [-0.2, -0.15) is 0 Å². The smallest absolute Gasteiger partial charge is 0.190 e. The van der Waals surface area contributed by atoms with Crippen molar-refractivity contribution >= 4 is 40.0 Å². The van der Waals surface area contributed by atoms with Gasteiger partial charge in [0.05, 0.1) is 21.3 Å². The lowest BCUT2D eigenvalue weighted by Gasteiger charge is -2.04. The molecule has 5 heteroatoms. The molecule has 0 radical (unpaired) electrons. The van der Waals surface area contributed by atoms with Crippen LogP contribution in [0.5, 0.6) is 0 Å². The molecule has 3 aromatic rings. The van der Waals surface area contributed by atoms with Gasteiger partial charge in [0.25, 0.3) is 0 Å². The highest BCUT2D eigenvalue weighted by molar-refractivity contribution is 7.14. The minimum absolute atomic E-state index is 0.661. The van der Waals surface area contributed by atoms with E-state index in [0.717, 1.165) is 17.0 Å². The van der Waals surface area contributed by atoms with E-state index in [4.69, 9.17) is 16.6 Å². The summed E-state index contributed by atoms with van der Waals surface area (Å²) in [5, 5.41) is 4.87. The second-order valence-corrected chi connectivity index (χ2v) is 6.53. The first-order chi connectivity index (χ1) is 10.3. The fourth-order valence-corrected chi connectivity index (χ4v) is 3.92. The number of thiophene rings is 1. The molecule has 0 N–H and O–H groups in total. The molecule has 0 unspecified atom stereocenters. The molecule has 0 atom stereocenters. The molecule has 0 saturated carbocycles. The van der Waals surface area contributed by atoms with Crippen molar-refractivity contribution in [2.45, 2.75) is 6.54 Å². The van der Waals surface area contributed by atoms with Gasteiger partial charge in [-0.1, -0.05) is 35.9 Å². The first-order valence-corrected chi connectivity index (χ1v) is 8.55. The lowest BCUT2D eigenvalue weighted by Crippen LogP contribution is -2.14. The number of hydrogen-bond donors (Lipinski definition) is 0. The minimum Gasteiger partial charge on any atom is -0.312 e. The fraction of sp³-hybridized carbons (Fsp3) is 0.0625. The van der Waals surface area contributed by atoms with Crippen LogP contribution in [0.3, 0.4) is 0 Å². The van der Waals surface area contributed by atoms with Crippen LogP contribution in [0.15, 0.2) is 64.8 Å². The largest absolute Gasteiger partial charge is 0.312 e. The highest BCUT2D eigenvalue weighted by atomic mass is 35.5. The van der Waals surface area contributed by atoms with Crippen molar-refractivity contribution in [3.8, 4) is 10.6 Å². The van der Waals surface area contributed by atoms with Crippen molar-refractivity contribution in [3.05, 3.63) is 69.6 Å². The highest BCUT2D eigenvalue weighted by Gasteiger charge is 2.08. The van der Waals surface area contributed by atoms with Gasteiger partial charge in [-0.05, 0) is 23.6 Å². The maximum Gasteiger partial charge on any atom is 0.190 e. The van der Waals surface area contributed by atoms with Gasteiger partial charge in [0.1, 0.15) is 0 Å². The van der Waals surface area contributed by atoms with Crippen molar-refractivity contribution < 1.29 is 0 Å². The van der Waals surface area contributed by atoms with E-state index in [1.54, 1.807) is 22.7 Å². The molecule has 0 saturated heterocycles. The summed E-state index contributed by atoms with van der Waals surface area (Å²) < 4.78 is 2.16. The average molecular weight is 333 g/mol. The van der Waals surface area contributed by atoms with Gasteiger partial charge in [0.15, 0.2) is 4.80 Å². The second kappa shape index (κ2) is 6.43. The molecule has 0 fully saturated rings. The number of rotatable bonds is 4. The van der Waals surface area contributed by atoms with Crippen molar-refractivity contribution in [2.24, 2.45) is 4.99 Å². The van der Waals surface area contributed by atoms with E-state index >= 15 is 0 Å². The summed E-state index contributed by atoms with van der Waals surface area (Å²) >= 11 is 9.53. The summed E-state index contributed by atoms with van der Waals surface area (Å²) in [4.78, 5) is 6.85. The fourth-order valence-electron chi connectivity index (χ4n) is 1.99. The Hall–Kier alpha value is -1.62. The van der Waals surface area contributed by atoms with E-state index in [2.05, 4.69) is 34.0 Å². The Morgan fingerprint density at radius 1 is 1.19 bits per heavy atom. The first kappa shape index (κ1) is 14.3. The molecule has 106 valence electrons. The molecule has 3 rings (SSSR count). The number of aromatic nitrogens is 1. The van der Waals surface area contributed by atoms with E-state index in [-0.39, 0.29) is 0 Å². The van der Waals surface area contributed by atoms with Crippen LogP contribution in [0.4, 0.5) is 5.69 Å².